The highest BCUT2D eigenvalue weighted by molar-refractivity contribution is 5.81. The molecule has 0 bridgehead atoms. The number of hydrogen-bond acceptors (Lipinski definition) is 5. The number of amides is 1. The Hall–Kier alpha value is -2.73. The summed E-state index contributed by atoms with van der Waals surface area (Å²) in [6.07, 6.45) is 1.10. The zero-order valence-corrected chi connectivity index (χ0v) is 15.5. The zero-order valence-electron chi connectivity index (χ0n) is 15.5. The number of nitrogens with two attached hydrogens (primary N) is 1. The molecule has 0 aliphatic rings. The van der Waals surface area contributed by atoms with E-state index in [0.717, 1.165) is 11.1 Å². The fourth-order valence-corrected chi connectivity index (χ4v) is 2.77. The van der Waals surface area contributed by atoms with Crippen molar-refractivity contribution in [1.29, 1.82) is 0 Å². The van der Waals surface area contributed by atoms with Crippen LogP contribution in [0.15, 0.2) is 42.5 Å². The normalized spacial score (nSPS) is 11.5. The maximum absolute atomic E-state index is 12.2. The molecule has 0 radical (unpaired) electrons. The molecule has 1 atom stereocenters. The first-order valence-corrected chi connectivity index (χ1v) is 8.45. The number of rotatable bonds is 9. The Labute approximate surface area is 154 Å². The van der Waals surface area contributed by atoms with Crippen LogP contribution < -0.4 is 25.3 Å². The van der Waals surface area contributed by atoms with Crippen molar-refractivity contribution in [1.82, 2.24) is 5.32 Å². The van der Waals surface area contributed by atoms with E-state index < -0.39 is 6.04 Å². The van der Waals surface area contributed by atoms with Crippen LogP contribution in [0.4, 0.5) is 0 Å². The van der Waals surface area contributed by atoms with Crippen molar-refractivity contribution in [3.8, 4) is 17.2 Å². The van der Waals surface area contributed by atoms with E-state index in [2.05, 4.69) is 5.32 Å². The molecule has 0 aromatic heterocycles. The molecule has 0 heterocycles. The van der Waals surface area contributed by atoms with Crippen LogP contribution in [0.5, 0.6) is 17.2 Å². The number of hydrogen-bond donors (Lipinski definition) is 2. The number of benzene rings is 2. The molecule has 2 rings (SSSR count). The van der Waals surface area contributed by atoms with Crippen molar-refractivity contribution in [2.24, 2.45) is 5.73 Å². The Balaban J connectivity index is 1.93. The van der Waals surface area contributed by atoms with Crippen molar-refractivity contribution in [3.63, 3.8) is 0 Å². The predicted molar refractivity (Wildman–Crippen MR) is 101 cm³/mol. The van der Waals surface area contributed by atoms with Gasteiger partial charge in [-0.05, 0) is 24.5 Å². The standard InChI is InChI=1S/C20H26N2O4/c1-24-17-10-9-15(18(25-2)19(17)26-3)11-12-22-20(23)16(21)13-14-7-5-4-6-8-14/h4-10,16H,11-13,21H2,1-3H3,(H,22,23)/t16-/m0/s1. The van der Waals surface area contributed by atoms with E-state index in [1.807, 2.05) is 42.5 Å². The molecular weight excluding hydrogens is 332 g/mol. The number of nitrogens with one attached hydrogen (secondary N) is 1. The van der Waals surface area contributed by atoms with Crippen LogP contribution in [0.2, 0.25) is 0 Å². The minimum absolute atomic E-state index is 0.173. The predicted octanol–water partition coefficient (Wildman–Crippen LogP) is 1.94. The summed E-state index contributed by atoms with van der Waals surface area (Å²) in [6, 6.07) is 12.9. The Kier molecular flexibility index (Phi) is 7.29. The molecule has 26 heavy (non-hydrogen) atoms. The Morgan fingerprint density at radius 1 is 1.00 bits per heavy atom. The lowest BCUT2D eigenvalue weighted by Gasteiger charge is -2.16. The molecule has 0 aliphatic carbocycles. The van der Waals surface area contributed by atoms with Gasteiger partial charge in [-0.3, -0.25) is 4.79 Å². The van der Waals surface area contributed by atoms with Gasteiger partial charge in [0.05, 0.1) is 27.4 Å². The van der Waals surface area contributed by atoms with E-state index in [-0.39, 0.29) is 5.91 Å². The molecule has 0 saturated carbocycles. The summed E-state index contributed by atoms with van der Waals surface area (Å²) in [7, 11) is 4.72. The van der Waals surface area contributed by atoms with Crippen molar-refractivity contribution < 1.29 is 19.0 Å². The molecule has 3 N–H and O–H groups in total. The van der Waals surface area contributed by atoms with Crippen molar-refractivity contribution in [2.45, 2.75) is 18.9 Å². The number of carbonyl (C=O) groups is 1. The SMILES string of the molecule is COc1ccc(CCNC(=O)[C@@H](N)Cc2ccccc2)c(OC)c1OC. The van der Waals surface area contributed by atoms with Gasteiger partial charge in [0.15, 0.2) is 11.5 Å². The van der Waals surface area contributed by atoms with Gasteiger partial charge in [-0.2, -0.15) is 0 Å². The Morgan fingerprint density at radius 3 is 2.31 bits per heavy atom. The minimum Gasteiger partial charge on any atom is -0.493 e. The quantitative estimate of drug-likeness (QED) is 0.716. The highest BCUT2D eigenvalue weighted by Crippen LogP contribution is 2.39. The van der Waals surface area contributed by atoms with Gasteiger partial charge < -0.3 is 25.3 Å². The fourth-order valence-electron chi connectivity index (χ4n) is 2.77. The van der Waals surface area contributed by atoms with E-state index in [1.165, 1.54) is 0 Å². The van der Waals surface area contributed by atoms with E-state index in [4.69, 9.17) is 19.9 Å². The number of methoxy groups -OCH3 is 3. The van der Waals surface area contributed by atoms with Crippen LogP contribution >= 0.6 is 0 Å². The van der Waals surface area contributed by atoms with Crippen LogP contribution in [0, 0.1) is 0 Å². The molecule has 0 aliphatic heterocycles. The van der Waals surface area contributed by atoms with Crippen LogP contribution in [-0.2, 0) is 17.6 Å². The van der Waals surface area contributed by atoms with E-state index in [0.29, 0.717) is 36.6 Å². The first kappa shape index (κ1) is 19.6. The van der Waals surface area contributed by atoms with Crippen molar-refractivity contribution >= 4 is 5.91 Å². The molecule has 2 aromatic carbocycles. The molecule has 6 heteroatoms. The van der Waals surface area contributed by atoms with Crippen LogP contribution in [0.1, 0.15) is 11.1 Å². The second-order valence-corrected chi connectivity index (χ2v) is 5.83. The smallest absolute Gasteiger partial charge is 0.237 e. The molecule has 6 nitrogen and oxygen atoms in total. The van der Waals surface area contributed by atoms with Crippen molar-refractivity contribution in [2.75, 3.05) is 27.9 Å². The van der Waals surface area contributed by atoms with Gasteiger partial charge in [0.2, 0.25) is 11.7 Å². The third kappa shape index (κ3) is 4.89. The summed E-state index contributed by atoms with van der Waals surface area (Å²) in [5, 5.41) is 2.88. The molecule has 0 unspecified atom stereocenters. The third-order valence-electron chi connectivity index (χ3n) is 4.11. The lowest BCUT2D eigenvalue weighted by Crippen LogP contribution is -2.42. The van der Waals surface area contributed by atoms with Crippen molar-refractivity contribution in [3.05, 3.63) is 53.6 Å². The highest BCUT2D eigenvalue weighted by Gasteiger charge is 2.17. The number of carbonyl (C=O) groups excluding carboxylic acids is 1. The van der Waals surface area contributed by atoms with Gasteiger partial charge in [-0.1, -0.05) is 36.4 Å². The average Bonchev–Trinajstić information content (AvgIpc) is 2.67. The molecule has 0 spiro atoms. The summed E-state index contributed by atoms with van der Waals surface area (Å²) < 4.78 is 16.1. The molecule has 2 aromatic rings. The fraction of sp³-hybridized carbons (Fsp3) is 0.350. The summed E-state index contributed by atoms with van der Waals surface area (Å²) in [6.45, 7) is 0.452. The maximum Gasteiger partial charge on any atom is 0.237 e. The van der Waals surface area contributed by atoms with Gasteiger partial charge >= 0.3 is 0 Å². The molecule has 140 valence electrons. The highest BCUT2D eigenvalue weighted by atomic mass is 16.5. The topological polar surface area (TPSA) is 82.8 Å². The summed E-state index contributed by atoms with van der Waals surface area (Å²) in [5.74, 6) is 1.57. The van der Waals surface area contributed by atoms with Gasteiger partial charge in [0.1, 0.15) is 0 Å². The first-order chi connectivity index (χ1) is 12.6. The monoisotopic (exact) mass is 358 g/mol. The van der Waals surface area contributed by atoms with Crippen LogP contribution in [0.25, 0.3) is 0 Å². The average molecular weight is 358 g/mol. The minimum atomic E-state index is -0.579. The van der Waals surface area contributed by atoms with Gasteiger partial charge in [-0.15, -0.1) is 0 Å². The number of ether oxygens (including phenoxy) is 3. The molecule has 0 fully saturated rings. The largest absolute Gasteiger partial charge is 0.493 e. The lowest BCUT2D eigenvalue weighted by atomic mass is 10.1. The zero-order chi connectivity index (χ0) is 18.9. The van der Waals surface area contributed by atoms with E-state index in [9.17, 15) is 4.79 Å². The first-order valence-electron chi connectivity index (χ1n) is 8.45. The van der Waals surface area contributed by atoms with E-state index >= 15 is 0 Å². The van der Waals surface area contributed by atoms with Gasteiger partial charge in [-0.25, -0.2) is 0 Å². The molecule has 1 amide bonds. The molecule has 0 saturated heterocycles. The second-order valence-electron chi connectivity index (χ2n) is 5.83. The summed E-state index contributed by atoms with van der Waals surface area (Å²) >= 11 is 0. The summed E-state index contributed by atoms with van der Waals surface area (Å²) in [4.78, 5) is 12.2. The Bertz CT molecular complexity index is 719. The van der Waals surface area contributed by atoms with E-state index in [1.54, 1.807) is 21.3 Å². The lowest BCUT2D eigenvalue weighted by molar-refractivity contribution is -0.122. The maximum atomic E-state index is 12.2. The third-order valence-corrected chi connectivity index (χ3v) is 4.11. The van der Waals surface area contributed by atoms with Crippen LogP contribution in [0.3, 0.4) is 0 Å². The van der Waals surface area contributed by atoms with Gasteiger partial charge in [0.25, 0.3) is 0 Å². The summed E-state index contributed by atoms with van der Waals surface area (Å²) in [5.41, 5.74) is 7.95. The van der Waals surface area contributed by atoms with Crippen LogP contribution in [-0.4, -0.2) is 39.8 Å². The molecular formula is C20H26N2O4. The Morgan fingerprint density at radius 2 is 1.69 bits per heavy atom. The van der Waals surface area contributed by atoms with Gasteiger partial charge in [0, 0.05) is 12.1 Å². The second kappa shape index (κ2) is 9.68.